The molecule has 26 heteroatoms. The van der Waals surface area contributed by atoms with Crippen molar-refractivity contribution < 1.29 is 116 Å². The Morgan fingerprint density at radius 3 is 0.833 bits per heavy atom. The molecular weight excluding hydrogens is 1750 g/mol. The van der Waals surface area contributed by atoms with Crippen molar-refractivity contribution in [2.75, 3.05) is 7.11 Å². The third-order valence-electron chi connectivity index (χ3n) is 21.3. The summed E-state index contributed by atoms with van der Waals surface area (Å²) in [5.41, 5.74) is 8.37. The molecular formula is C106H91F21O5-4. The molecule has 0 amide bonds. The van der Waals surface area contributed by atoms with Gasteiger partial charge in [0.05, 0.1) is 32.8 Å². The molecule has 0 radical (unpaired) electrons. The zero-order valence-electron chi connectivity index (χ0n) is 73.3. The average Bonchev–Trinajstić information content (AvgIpc) is 0.759. The summed E-state index contributed by atoms with van der Waals surface area (Å²) in [4.78, 5) is 0. The van der Waals surface area contributed by atoms with Crippen LogP contribution in [0.2, 0.25) is 0 Å². The topological polar surface area (TPSA) is 46.2 Å². The van der Waals surface area contributed by atoms with Gasteiger partial charge in [-0.05, 0) is 181 Å². The van der Waals surface area contributed by atoms with E-state index in [0.29, 0.717) is 132 Å². The van der Waals surface area contributed by atoms with Crippen LogP contribution >= 0.6 is 0 Å². The van der Waals surface area contributed by atoms with Gasteiger partial charge in [-0.2, -0.15) is 52.7 Å². The van der Waals surface area contributed by atoms with E-state index in [1.165, 1.54) is 79.9 Å². The lowest BCUT2D eigenvalue weighted by Gasteiger charge is -2.23. The molecule has 0 saturated carbocycles. The summed E-state index contributed by atoms with van der Waals surface area (Å²) in [5.74, 6) is -3.04. The highest BCUT2D eigenvalue weighted by molar-refractivity contribution is 5.90. The van der Waals surface area contributed by atoms with Gasteiger partial charge in [-0.25, -0.2) is 39.5 Å². The Hall–Kier alpha value is -12.9. The van der Waals surface area contributed by atoms with Gasteiger partial charge in [0.1, 0.15) is 104 Å². The zero-order valence-corrected chi connectivity index (χ0v) is 73.3. The Morgan fingerprint density at radius 2 is 0.530 bits per heavy atom. The third-order valence-corrected chi connectivity index (χ3v) is 21.3. The van der Waals surface area contributed by atoms with Gasteiger partial charge in [-0.15, -0.1) is 0 Å². The van der Waals surface area contributed by atoms with Crippen molar-refractivity contribution in [3.63, 3.8) is 0 Å². The SMILES string of the molecule is CCCc1cc2c(cc1F)C(c1ccccc1)=c1cc(F)/c(=C\CC(F)(F)F)cc1O2.CCCc1cc2c(cc1F)C(c1ccccc1C)=c1cc(F)/c(=C\CC(F)(F)F)cc1O2.CCCc1cc2c(cc1F)C(c1ccccc1F)=c1cc(F)/c(=C\CC(F)(F)F)cc1O2.CCCc1cc2c(cc1F)C(c1ccccc1OC)=c1cc(F)/c(=C\CC(F)(F)F)cc1O2.[CH3-].[CH3-].[CH3-].[CH3-]. The van der Waals surface area contributed by atoms with Gasteiger partial charge in [0.15, 0.2) is 0 Å². The van der Waals surface area contributed by atoms with Crippen molar-refractivity contribution in [1.29, 1.82) is 0 Å². The number of alkyl halides is 12. The number of ether oxygens (including phenoxy) is 5. The number of hydrogen-bond donors (Lipinski definition) is 0. The van der Waals surface area contributed by atoms with Crippen LogP contribution in [0.4, 0.5) is 92.2 Å². The van der Waals surface area contributed by atoms with Gasteiger partial charge < -0.3 is 53.4 Å². The maximum Gasteiger partial charge on any atom is 0.392 e. The molecule has 0 bridgehead atoms. The molecule has 0 saturated heterocycles. The first-order chi connectivity index (χ1) is 60.8. The minimum atomic E-state index is -4.49. The monoisotopic (exact) mass is 1840 g/mol. The first-order valence-corrected chi connectivity index (χ1v) is 40.8. The molecule has 0 unspecified atom stereocenters. The van der Waals surface area contributed by atoms with Crippen molar-refractivity contribution in [2.24, 2.45) is 0 Å². The maximum absolute atomic E-state index is 14.9. The van der Waals surface area contributed by atoms with Gasteiger partial charge >= 0.3 is 24.7 Å². The molecule has 4 aliphatic heterocycles. The van der Waals surface area contributed by atoms with E-state index in [2.05, 4.69) is 0 Å². The molecule has 5 nitrogen and oxygen atoms in total. The van der Waals surface area contributed by atoms with E-state index >= 15 is 0 Å². The van der Waals surface area contributed by atoms with Crippen molar-refractivity contribution in [1.82, 2.24) is 0 Å². The first-order valence-electron chi connectivity index (χ1n) is 40.8. The van der Waals surface area contributed by atoms with Crippen LogP contribution in [0.1, 0.15) is 151 Å². The standard InChI is InChI=1S/C26H21F5O2.C26H21F5O.C25H18F6O.C25H19F5O.4CH3/c1-3-6-15-11-23-18(13-20(15)27)25(17-7-4-5-8-22(17)32-2)19-14-21(28)16(12-24(19)33-23)9-10-26(29,30)31;1-3-6-16-11-23-19(13-21(16)27)25(18-8-5-4-7-15(18)2)20-14-22(28)17(12-24(20)32-23)9-10-26(29,30)31;1-2-5-14-10-22-17(12-20(14)27)24(16-6-3-4-7-19(16)26)18-13-21(28)15(11-23(18)32-22)8-9-25(29,30)31;1-2-6-16-11-22-18(13-20(16)26)24(15-7-4-3-5-8-15)19-14-21(27)17(12-23(19)31-22)9-10-25(28,29)30;;;;/h4-5,7-9,11-14H,3,6,10H2,1-2H3;4-5,7-9,11-14H,3,6,10H2,1-2H3;3-4,6-8,10-13H,2,5,9H2,1H3;3-5,7-9,11-14H,2,6,10H2,1H3;4*1H3/q;;;;4*-1/b16-9-;17-9-;15-8-;17-9-;;;;. The van der Waals surface area contributed by atoms with Gasteiger partial charge in [0.25, 0.3) is 0 Å². The molecule has 12 aromatic rings. The molecule has 4 heterocycles. The Morgan fingerprint density at radius 1 is 0.265 bits per heavy atom. The van der Waals surface area contributed by atoms with Crippen LogP contribution in [-0.2, 0) is 25.7 Å². The van der Waals surface area contributed by atoms with Crippen LogP contribution in [-0.4, -0.2) is 31.8 Å². The number of methoxy groups -OCH3 is 1. The van der Waals surface area contributed by atoms with Crippen LogP contribution in [0.25, 0.3) is 46.6 Å². The van der Waals surface area contributed by atoms with E-state index in [1.54, 1.807) is 60.7 Å². The highest BCUT2D eigenvalue weighted by Gasteiger charge is 2.34. The largest absolute Gasteiger partial charge is 0.496 e. The summed E-state index contributed by atoms with van der Waals surface area (Å²) >= 11 is 0. The summed E-state index contributed by atoms with van der Waals surface area (Å²) in [6, 6.07) is 50.4. The van der Waals surface area contributed by atoms with E-state index in [0.717, 1.165) is 84.5 Å². The van der Waals surface area contributed by atoms with Crippen molar-refractivity contribution in [2.45, 2.75) is 136 Å². The van der Waals surface area contributed by atoms with Crippen molar-refractivity contribution in [3.8, 4) is 51.7 Å². The van der Waals surface area contributed by atoms with Crippen molar-refractivity contribution in [3.05, 3.63) is 396 Å². The second-order valence-corrected chi connectivity index (χ2v) is 30.6. The van der Waals surface area contributed by atoms with Gasteiger partial charge in [-0.3, -0.25) is 0 Å². The molecule has 0 aromatic heterocycles. The number of aryl methyl sites for hydroxylation is 5. The fourth-order valence-electron chi connectivity index (χ4n) is 15.5. The Labute approximate surface area is 750 Å². The average molecular weight is 1840 g/mol. The number of hydrogen-bond acceptors (Lipinski definition) is 5. The number of benzene rings is 12. The lowest BCUT2D eigenvalue weighted by Crippen LogP contribution is -2.23. The molecule has 4 aliphatic rings. The molecule has 0 spiro atoms. The molecule has 696 valence electrons. The smallest absolute Gasteiger partial charge is 0.392 e. The Balaban J connectivity index is 0.000000196. The van der Waals surface area contributed by atoms with E-state index in [-0.39, 0.29) is 113 Å². The van der Waals surface area contributed by atoms with Crippen LogP contribution < -0.4 is 65.4 Å². The summed E-state index contributed by atoms with van der Waals surface area (Å²) in [5, 5.41) is 0.285. The van der Waals surface area contributed by atoms with E-state index in [4.69, 9.17) is 23.7 Å². The van der Waals surface area contributed by atoms with Crippen LogP contribution in [0, 0.1) is 89.0 Å². The van der Waals surface area contributed by atoms with Gasteiger partial charge in [0, 0.05) is 97.4 Å². The number of para-hydroxylation sites is 1. The van der Waals surface area contributed by atoms with E-state index in [9.17, 15) is 92.2 Å². The third kappa shape index (κ3) is 23.7. The molecule has 0 aliphatic carbocycles. The second kappa shape index (κ2) is 43.0. The fraction of sp³-hybridized carbons (Fsp3) is 0.208. The molecule has 12 aromatic carbocycles. The summed E-state index contributed by atoms with van der Waals surface area (Å²) in [6.45, 7) is 9.57. The summed E-state index contributed by atoms with van der Waals surface area (Å²) in [7, 11) is 1.49. The van der Waals surface area contributed by atoms with E-state index < -0.39 is 91.1 Å². The lowest BCUT2D eigenvalue weighted by molar-refractivity contribution is -0.123. The number of rotatable bonds is 17. The van der Waals surface area contributed by atoms with Gasteiger partial charge in [0.2, 0.25) is 0 Å². The predicted octanol–water partition coefficient (Wildman–Crippen LogP) is 26.3. The summed E-state index contributed by atoms with van der Waals surface area (Å²) < 4.78 is 314. The summed E-state index contributed by atoms with van der Waals surface area (Å²) in [6.07, 6.45) is -15.0. The fourth-order valence-corrected chi connectivity index (χ4v) is 15.5. The van der Waals surface area contributed by atoms with Crippen molar-refractivity contribution >= 4 is 46.6 Å². The Kier molecular flexibility index (Phi) is 33.5. The minimum absolute atomic E-state index is 0. The molecule has 0 atom stereocenters. The van der Waals surface area contributed by atoms with Crippen LogP contribution in [0.5, 0.6) is 51.7 Å². The number of fused-ring (bicyclic) bond motifs is 8. The van der Waals surface area contributed by atoms with Gasteiger partial charge in [-0.1, -0.05) is 169 Å². The molecule has 16 rings (SSSR count). The first kappa shape index (κ1) is 103. The Bertz CT molecular complexity index is 6610. The highest BCUT2D eigenvalue weighted by atomic mass is 19.4. The van der Waals surface area contributed by atoms with Crippen LogP contribution in [0.3, 0.4) is 0 Å². The quantitative estimate of drug-likeness (QED) is 0.0672. The maximum atomic E-state index is 14.9. The highest BCUT2D eigenvalue weighted by Crippen LogP contribution is 2.45. The molecule has 132 heavy (non-hydrogen) atoms. The van der Waals surface area contributed by atoms with E-state index in [1.807, 2.05) is 77.1 Å². The minimum Gasteiger partial charge on any atom is -0.496 e. The lowest BCUT2D eigenvalue weighted by atomic mass is 9.89. The zero-order chi connectivity index (χ0) is 92.0. The second-order valence-electron chi connectivity index (χ2n) is 30.6. The van der Waals surface area contributed by atoms with Crippen LogP contribution in [0.15, 0.2) is 200 Å². The number of halogens is 21. The normalized spacial score (nSPS) is 13.1. The molecule has 0 N–H and O–H groups in total. The predicted molar refractivity (Wildman–Crippen MR) is 474 cm³/mol. The molecule has 0 fully saturated rings.